The largest absolute Gasteiger partial charge is 0.479 e. The lowest BCUT2D eigenvalue weighted by Crippen LogP contribution is -2.20. The van der Waals surface area contributed by atoms with E-state index in [0.29, 0.717) is 15.4 Å². The van der Waals surface area contributed by atoms with Gasteiger partial charge >= 0.3 is 5.97 Å². The van der Waals surface area contributed by atoms with Crippen LogP contribution in [-0.4, -0.2) is 20.9 Å². The maximum atomic E-state index is 14.0. The van der Waals surface area contributed by atoms with Crippen molar-refractivity contribution < 1.29 is 14.3 Å². The van der Waals surface area contributed by atoms with Crippen LogP contribution in [-0.2, 0) is 4.79 Å². The fourth-order valence-electron chi connectivity index (χ4n) is 2.22. The number of rotatable bonds is 3. The zero-order chi connectivity index (χ0) is 15.0. The summed E-state index contributed by atoms with van der Waals surface area (Å²) >= 11 is 3.10. The van der Waals surface area contributed by atoms with Crippen molar-refractivity contribution in [1.82, 2.24) is 9.78 Å². The van der Waals surface area contributed by atoms with Crippen LogP contribution in [0.4, 0.5) is 4.39 Å². The van der Waals surface area contributed by atoms with Crippen LogP contribution in [0.15, 0.2) is 53.1 Å². The Morgan fingerprint density at radius 2 is 1.95 bits per heavy atom. The predicted octanol–water partition coefficient (Wildman–Crippen LogP) is 3.61. The van der Waals surface area contributed by atoms with Gasteiger partial charge in [0.15, 0.2) is 11.9 Å². The average molecular weight is 349 g/mol. The van der Waals surface area contributed by atoms with Crippen molar-refractivity contribution in [3.05, 3.63) is 64.5 Å². The average Bonchev–Trinajstić information content (AvgIpc) is 2.88. The van der Waals surface area contributed by atoms with E-state index in [1.165, 1.54) is 10.9 Å². The van der Waals surface area contributed by atoms with Gasteiger partial charge in [-0.2, -0.15) is 5.10 Å². The Bertz CT molecular complexity index is 817. The van der Waals surface area contributed by atoms with Gasteiger partial charge in [-0.05, 0) is 33.6 Å². The van der Waals surface area contributed by atoms with Crippen LogP contribution in [0.2, 0.25) is 0 Å². The number of hydrogen-bond donors (Lipinski definition) is 1. The molecule has 3 rings (SSSR count). The molecule has 0 radical (unpaired) electrons. The van der Waals surface area contributed by atoms with E-state index in [4.69, 9.17) is 0 Å². The first kappa shape index (κ1) is 13.8. The lowest BCUT2D eigenvalue weighted by molar-refractivity contribution is -0.139. The van der Waals surface area contributed by atoms with Crippen LogP contribution in [0, 0.1) is 5.82 Å². The molecule has 0 saturated heterocycles. The van der Waals surface area contributed by atoms with Gasteiger partial charge in [-0.3, -0.25) is 4.68 Å². The van der Waals surface area contributed by atoms with E-state index in [2.05, 4.69) is 21.0 Å². The van der Waals surface area contributed by atoms with Gasteiger partial charge in [0.1, 0.15) is 5.52 Å². The molecule has 21 heavy (non-hydrogen) atoms. The van der Waals surface area contributed by atoms with Crippen molar-refractivity contribution in [3.63, 3.8) is 0 Å². The van der Waals surface area contributed by atoms with Gasteiger partial charge in [0.05, 0.1) is 4.47 Å². The van der Waals surface area contributed by atoms with Crippen molar-refractivity contribution in [2.24, 2.45) is 0 Å². The molecule has 0 spiro atoms. The molecule has 0 aliphatic heterocycles. The summed E-state index contributed by atoms with van der Waals surface area (Å²) < 4.78 is 15.6. The Morgan fingerprint density at radius 3 is 2.62 bits per heavy atom. The minimum Gasteiger partial charge on any atom is -0.479 e. The van der Waals surface area contributed by atoms with E-state index >= 15 is 0 Å². The van der Waals surface area contributed by atoms with Crippen molar-refractivity contribution in [3.8, 4) is 0 Å². The van der Waals surface area contributed by atoms with Crippen LogP contribution in [0.3, 0.4) is 0 Å². The van der Waals surface area contributed by atoms with Gasteiger partial charge in [0.25, 0.3) is 0 Å². The van der Waals surface area contributed by atoms with E-state index in [-0.39, 0.29) is 5.52 Å². The number of benzene rings is 2. The second-order valence-corrected chi connectivity index (χ2v) is 5.41. The molecule has 3 aromatic rings. The van der Waals surface area contributed by atoms with Crippen molar-refractivity contribution in [1.29, 1.82) is 0 Å². The summed E-state index contributed by atoms with van der Waals surface area (Å²) in [7, 11) is 0. The first-order chi connectivity index (χ1) is 10.1. The normalized spacial score (nSPS) is 12.5. The van der Waals surface area contributed by atoms with Crippen LogP contribution in [0.5, 0.6) is 0 Å². The minimum absolute atomic E-state index is 0.145. The van der Waals surface area contributed by atoms with E-state index in [1.807, 2.05) is 0 Å². The lowest BCUT2D eigenvalue weighted by atomic mass is 10.1. The second-order valence-electron chi connectivity index (χ2n) is 4.56. The monoisotopic (exact) mass is 348 g/mol. The molecule has 2 aromatic carbocycles. The van der Waals surface area contributed by atoms with E-state index in [0.717, 1.165) is 0 Å². The van der Waals surface area contributed by atoms with Gasteiger partial charge in [0, 0.05) is 11.6 Å². The van der Waals surface area contributed by atoms with E-state index < -0.39 is 17.8 Å². The van der Waals surface area contributed by atoms with E-state index in [9.17, 15) is 14.3 Å². The number of aromatic nitrogens is 2. The quantitative estimate of drug-likeness (QED) is 0.786. The number of carbonyl (C=O) groups is 1. The summed E-state index contributed by atoms with van der Waals surface area (Å²) in [5, 5.41) is 14.1. The summed E-state index contributed by atoms with van der Waals surface area (Å²) in [6.07, 6.45) is 1.54. The molecule has 1 aromatic heterocycles. The van der Waals surface area contributed by atoms with Gasteiger partial charge < -0.3 is 5.11 Å². The zero-order valence-electron chi connectivity index (χ0n) is 10.7. The second kappa shape index (κ2) is 5.29. The summed E-state index contributed by atoms with van der Waals surface area (Å²) in [5.41, 5.74) is 0.726. The fourth-order valence-corrected chi connectivity index (χ4v) is 2.54. The lowest BCUT2D eigenvalue weighted by Gasteiger charge is -2.12. The number of nitrogens with zero attached hydrogens (tertiary/aromatic N) is 2. The number of carboxylic acid groups (broad SMARTS) is 1. The Balaban J connectivity index is 2.17. The molecule has 106 valence electrons. The highest BCUT2D eigenvalue weighted by Gasteiger charge is 2.23. The highest BCUT2D eigenvalue weighted by molar-refractivity contribution is 9.10. The van der Waals surface area contributed by atoms with Crippen LogP contribution >= 0.6 is 15.9 Å². The molecule has 1 N–H and O–H groups in total. The highest BCUT2D eigenvalue weighted by atomic mass is 79.9. The molecular weight excluding hydrogens is 339 g/mol. The molecule has 0 bridgehead atoms. The number of halogens is 2. The van der Waals surface area contributed by atoms with Crippen LogP contribution in [0.1, 0.15) is 11.6 Å². The SMILES string of the molecule is O=C(O)C(c1ccccc1)n1cc2ccc(Br)c(F)c2n1. The predicted molar refractivity (Wildman–Crippen MR) is 79.6 cm³/mol. The smallest absolute Gasteiger partial charge is 0.333 e. The van der Waals surface area contributed by atoms with Crippen molar-refractivity contribution in [2.45, 2.75) is 6.04 Å². The van der Waals surface area contributed by atoms with Crippen molar-refractivity contribution in [2.75, 3.05) is 0 Å². The molecule has 0 amide bonds. The molecule has 0 aliphatic rings. The Hall–Kier alpha value is -2.21. The maximum Gasteiger partial charge on any atom is 0.333 e. The third-order valence-electron chi connectivity index (χ3n) is 3.20. The van der Waals surface area contributed by atoms with Gasteiger partial charge in [-0.1, -0.05) is 30.3 Å². The van der Waals surface area contributed by atoms with E-state index in [1.54, 1.807) is 42.5 Å². The third-order valence-corrected chi connectivity index (χ3v) is 3.81. The molecule has 1 unspecified atom stereocenters. The highest BCUT2D eigenvalue weighted by Crippen LogP contribution is 2.26. The molecule has 0 saturated carbocycles. The van der Waals surface area contributed by atoms with Crippen LogP contribution in [0.25, 0.3) is 10.9 Å². The summed E-state index contributed by atoms with van der Waals surface area (Å²) in [6, 6.07) is 11.0. The van der Waals surface area contributed by atoms with Crippen molar-refractivity contribution >= 4 is 32.8 Å². The minimum atomic E-state index is -1.05. The molecule has 1 heterocycles. The molecule has 4 nitrogen and oxygen atoms in total. The summed E-state index contributed by atoms with van der Waals surface area (Å²) in [5.74, 6) is -1.54. The Labute approximate surface area is 127 Å². The zero-order valence-corrected chi connectivity index (χ0v) is 12.3. The Morgan fingerprint density at radius 1 is 1.24 bits per heavy atom. The number of fused-ring (bicyclic) bond motifs is 1. The summed E-state index contributed by atoms with van der Waals surface area (Å²) in [4.78, 5) is 11.6. The standard InChI is InChI=1S/C15H10BrFN2O2/c16-11-7-6-10-8-19(18-13(10)12(11)17)14(15(20)21)9-4-2-1-3-5-9/h1-8,14H,(H,20,21). The topological polar surface area (TPSA) is 55.1 Å². The number of hydrogen-bond acceptors (Lipinski definition) is 2. The third kappa shape index (κ3) is 2.42. The van der Waals surface area contributed by atoms with Gasteiger partial charge in [-0.25, -0.2) is 9.18 Å². The van der Waals surface area contributed by atoms with Gasteiger partial charge in [0.2, 0.25) is 0 Å². The summed E-state index contributed by atoms with van der Waals surface area (Å²) in [6.45, 7) is 0. The molecule has 0 fully saturated rings. The molecular formula is C15H10BrFN2O2. The molecule has 0 aliphatic carbocycles. The first-order valence-electron chi connectivity index (χ1n) is 6.18. The Kier molecular flexibility index (Phi) is 3.47. The first-order valence-corrected chi connectivity index (χ1v) is 6.98. The number of aliphatic carboxylic acids is 1. The maximum absolute atomic E-state index is 14.0. The number of carboxylic acids is 1. The van der Waals surface area contributed by atoms with Gasteiger partial charge in [-0.15, -0.1) is 0 Å². The van der Waals surface area contributed by atoms with Crippen LogP contribution < -0.4 is 0 Å². The molecule has 1 atom stereocenters. The molecule has 6 heteroatoms. The fraction of sp³-hybridized carbons (Fsp3) is 0.0667.